The number of morpholine rings is 1. The number of benzene rings is 1. The maximum absolute atomic E-state index is 12.5. The van der Waals surface area contributed by atoms with E-state index in [0.717, 1.165) is 0 Å². The van der Waals surface area contributed by atoms with E-state index < -0.39 is 0 Å². The summed E-state index contributed by atoms with van der Waals surface area (Å²) in [6.45, 7) is 1.15. The lowest BCUT2D eigenvalue weighted by atomic mass is 10.1. The van der Waals surface area contributed by atoms with Crippen LogP contribution >= 0.6 is 0 Å². The number of nitrogen functional groups attached to an aromatic ring is 1. The molecular weight excluding hydrogens is 248 g/mol. The minimum atomic E-state index is -0.316. The third kappa shape index (κ3) is 2.80. The van der Waals surface area contributed by atoms with Crippen molar-refractivity contribution < 1.29 is 19.4 Å². The summed E-state index contributed by atoms with van der Waals surface area (Å²) in [4.78, 5) is 14.1. The highest BCUT2D eigenvalue weighted by Crippen LogP contribution is 2.24. The van der Waals surface area contributed by atoms with E-state index in [1.807, 2.05) is 0 Å². The Morgan fingerprint density at radius 2 is 2.42 bits per heavy atom. The first-order chi connectivity index (χ1) is 9.17. The van der Waals surface area contributed by atoms with Gasteiger partial charge in [0.25, 0.3) is 5.91 Å². The normalized spacial score (nSPS) is 19.3. The Morgan fingerprint density at radius 3 is 3.11 bits per heavy atom. The topological polar surface area (TPSA) is 85.0 Å². The van der Waals surface area contributed by atoms with Gasteiger partial charge in [0.05, 0.1) is 38.5 Å². The summed E-state index contributed by atoms with van der Waals surface area (Å²) in [5.74, 6) is 0.257. The van der Waals surface area contributed by atoms with Crippen LogP contribution in [0.2, 0.25) is 0 Å². The molecule has 6 heteroatoms. The minimum absolute atomic E-state index is 0.122. The van der Waals surface area contributed by atoms with E-state index in [1.54, 1.807) is 23.1 Å². The number of carbonyl (C=O) groups excluding carboxylic acids is 1. The maximum atomic E-state index is 12.5. The van der Waals surface area contributed by atoms with Crippen LogP contribution in [0.15, 0.2) is 18.2 Å². The Hall–Kier alpha value is -1.79. The van der Waals surface area contributed by atoms with Crippen molar-refractivity contribution in [2.75, 3.05) is 39.2 Å². The quantitative estimate of drug-likeness (QED) is 0.759. The Morgan fingerprint density at radius 1 is 1.63 bits per heavy atom. The second-order valence-corrected chi connectivity index (χ2v) is 4.37. The molecule has 1 aliphatic heterocycles. The molecule has 1 atom stereocenters. The van der Waals surface area contributed by atoms with Crippen LogP contribution in [0.5, 0.6) is 5.75 Å². The van der Waals surface area contributed by atoms with Crippen molar-refractivity contribution in [1.29, 1.82) is 0 Å². The third-order valence-corrected chi connectivity index (χ3v) is 3.16. The number of anilines is 1. The summed E-state index contributed by atoms with van der Waals surface area (Å²) >= 11 is 0. The number of amides is 1. The van der Waals surface area contributed by atoms with Crippen LogP contribution in [0.1, 0.15) is 10.4 Å². The minimum Gasteiger partial charge on any atom is -0.496 e. The van der Waals surface area contributed by atoms with E-state index in [-0.39, 0.29) is 18.6 Å². The van der Waals surface area contributed by atoms with Crippen molar-refractivity contribution >= 4 is 11.6 Å². The van der Waals surface area contributed by atoms with Crippen molar-refractivity contribution in [2.45, 2.75) is 6.04 Å². The monoisotopic (exact) mass is 266 g/mol. The lowest BCUT2D eigenvalue weighted by molar-refractivity contribution is -0.0185. The highest BCUT2D eigenvalue weighted by molar-refractivity contribution is 5.97. The van der Waals surface area contributed by atoms with Crippen LogP contribution in [-0.2, 0) is 4.74 Å². The van der Waals surface area contributed by atoms with E-state index in [1.165, 1.54) is 7.11 Å². The van der Waals surface area contributed by atoms with Crippen molar-refractivity contribution in [2.24, 2.45) is 0 Å². The molecule has 6 nitrogen and oxygen atoms in total. The van der Waals surface area contributed by atoms with Gasteiger partial charge in [-0.1, -0.05) is 0 Å². The third-order valence-electron chi connectivity index (χ3n) is 3.16. The zero-order valence-corrected chi connectivity index (χ0v) is 10.8. The molecule has 2 rings (SSSR count). The fraction of sp³-hybridized carbons (Fsp3) is 0.462. The van der Waals surface area contributed by atoms with Gasteiger partial charge >= 0.3 is 0 Å². The van der Waals surface area contributed by atoms with Crippen LogP contribution in [0.25, 0.3) is 0 Å². The molecule has 0 saturated carbocycles. The Kier molecular flexibility index (Phi) is 4.24. The van der Waals surface area contributed by atoms with E-state index >= 15 is 0 Å². The summed E-state index contributed by atoms with van der Waals surface area (Å²) < 4.78 is 10.4. The molecule has 0 spiro atoms. The molecular formula is C13H18N2O4. The van der Waals surface area contributed by atoms with Gasteiger partial charge in [0.1, 0.15) is 5.75 Å². The molecule has 19 heavy (non-hydrogen) atoms. The molecule has 0 aliphatic carbocycles. The first-order valence-electron chi connectivity index (χ1n) is 6.10. The number of methoxy groups -OCH3 is 1. The van der Waals surface area contributed by atoms with E-state index in [0.29, 0.717) is 36.8 Å². The van der Waals surface area contributed by atoms with Gasteiger partial charge in [-0.15, -0.1) is 0 Å². The predicted molar refractivity (Wildman–Crippen MR) is 70.1 cm³/mol. The van der Waals surface area contributed by atoms with Crippen LogP contribution in [0.4, 0.5) is 5.69 Å². The van der Waals surface area contributed by atoms with E-state index in [4.69, 9.17) is 15.2 Å². The second kappa shape index (κ2) is 5.90. The molecule has 1 fully saturated rings. The van der Waals surface area contributed by atoms with Gasteiger partial charge < -0.3 is 25.2 Å². The van der Waals surface area contributed by atoms with Crippen molar-refractivity contribution in [3.05, 3.63) is 23.8 Å². The lowest BCUT2D eigenvalue weighted by Gasteiger charge is -2.34. The molecule has 0 radical (unpaired) electrons. The SMILES string of the molecule is COc1cc(N)ccc1C(=O)N1CCOCC1CO. The number of aliphatic hydroxyl groups is 1. The summed E-state index contributed by atoms with van der Waals surface area (Å²) in [5, 5.41) is 9.30. The fourth-order valence-electron chi connectivity index (χ4n) is 2.11. The summed E-state index contributed by atoms with van der Waals surface area (Å²) in [5.41, 5.74) is 6.65. The zero-order valence-electron chi connectivity index (χ0n) is 10.8. The highest BCUT2D eigenvalue weighted by Gasteiger charge is 2.29. The average Bonchev–Trinajstić information content (AvgIpc) is 2.46. The smallest absolute Gasteiger partial charge is 0.258 e. The van der Waals surface area contributed by atoms with Crippen molar-refractivity contribution in [3.63, 3.8) is 0 Å². The standard InChI is InChI=1S/C13H18N2O4/c1-18-12-6-9(14)2-3-11(12)13(17)15-4-5-19-8-10(15)7-16/h2-3,6,10,16H,4-5,7-8,14H2,1H3. The van der Waals surface area contributed by atoms with Crippen LogP contribution in [-0.4, -0.2) is 55.4 Å². The van der Waals surface area contributed by atoms with Gasteiger partial charge in [-0.25, -0.2) is 0 Å². The summed E-state index contributed by atoms with van der Waals surface area (Å²) in [6.07, 6.45) is 0. The number of hydrogen-bond acceptors (Lipinski definition) is 5. The van der Waals surface area contributed by atoms with Crippen LogP contribution in [0, 0.1) is 0 Å². The molecule has 1 heterocycles. The van der Waals surface area contributed by atoms with Crippen molar-refractivity contribution in [1.82, 2.24) is 4.90 Å². The number of nitrogens with two attached hydrogens (primary N) is 1. The van der Waals surface area contributed by atoms with Crippen molar-refractivity contribution in [3.8, 4) is 5.75 Å². The molecule has 104 valence electrons. The van der Waals surface area contributed by atoms with Gasteiger partial charge in [0.2, 0.25) is 0 Å². The average molecular weight is 266 g/mol. The molecule has 3 N–H and O–H groups in total. The highest BCUT2D eigenvalue weighted by atomic mass is 16.5. The molecule has 1 aromatic carbocycles. The number of carbonyl (C=O) groups is 1. The largest absolute Gasteiger partial charge is 0.496 e. The van der Waals surface area contributed by atoms with Gasteiger partial charge in [-0.2, -0.15) is 0 Å². The summed E-state index contributed by atoms with van der Waals surface area (Å²) in [7, 11) is 1.49. The number of rotatable bonds is 3. The summed E-state index contributed by atoms with van der Waals surface area (Å²) in [6, 6.07) is 4.59. The zero-order chi connectivity index (χ0) is 13.8. The Bertz CT molecular complexity index is 464. The van der Waals surface area contributed by atoms with Crippen LogP contribution < -0.4 is 10.5 Å². The fourth-order valence-corrected chi connectivity index (χ4v) is 2.11. The molecule has 1 saturated heterocycles. The molecule has 0 bridgehead atoms. The van der Waals surface area contributed by atoms with Gasteiger partial charge in [-0.05, 0) is 12.1 Å². The predicted octanol–water partition coefficient (Wildman–Crippen LogP) is 0.111. The Labute approximate surface area is 111 Å². The number of aliphatic hydroxyl groups excluding tert-OH is 1. The van der Waals surface area contributed by atoms with Gasteiger partial charge in [0, 0.05) is 18.3 Å². The lowest BCUT2D eigenvalue weighted by Crippen LogP contribution is -2.50. The second-order valence-electron chi connectivity index (χ2n) is 4.37. The molecule has 1 aromatic rings. The van der Waals surface area contributed by atoms with Gasteiger partial charge in [-0.3, -0.25) is 4.79 Å². The molecule has 1 unspecified atom stereocenters. The van der Waals surface area contributed by atoms with E-state index in [9.17, 15) is 9.90 Å². The Balaban J connectivity index is 2.27. The van der Waals surface area contributed by atoms with Gasteiger partial charge in [0.15, 0.2) is 0 Å². The number of hydrogen-bond donors (Lipinski definition) is 2. The molecule has 0 aromatic heterocycles. The molecule has 1 amide bonds. The van der Waals surface area contributed by atoms with Crippen LogP contribution in [0.3, 0.4) is 0 Å². The first-order valence-corrected chi connectivity index (χ1v) is 6.10. The maximum Gasteiger partial charge on any atom is 0.258 e. The van der Waals surface area contributed by atoms with E-state index in [2.05, 4.69) is 0 Å². The number of nitrogens with zero attached hydrogens (tertiary/aromatic N) is 1. The molecule has 1 aliphatic rings. The first kappa shape index (κ1) is 13.6. The number of ether oxygens (including phenoxy) is 2.